The Morgan fingerprint density at radius 3 is 2.63 bits per heavy atom. The Labute approximate surface area is 178 Å². The van der Waals surface area contributed by atoms with Crippen LogP contribution in [-0.4, -0.2) is 65.0 Å². The van der Waals surface area contributed by atoms with Crippen molar-refractivity contribution in [2.75, 3.05) is 26.3 Å². The van der Waals surface area contributed by atoms with Gasteiger partial charge in [0.1, 0.15) is 5.25 Å². The second-order valence-corrected chi connectivity index (χ2v) is 11.4. The number of ether oxygens (including phenoxy) is 1. The van der Waals surface area contributed by atoms with Crippen molar-refractivity contribution in [1.82, 2.24) is 13.9 Å². The third kappa shape index (κ3) is 2.80. The molecule has 8 heteroatoms. The van der Waals surface area contributed by atoms with E-state index >= 15 is 0 Å². The van der Waals surface area contributed by atoms with Gasteiger partial charge >= 0.3 is 0 Å². The summed E-state index contributed by atoms with van der Waals surface area (Å²) in [6.07, 6.45) is 11.0. The van der Waals surface area contributed by atoms with Crippen molar-refractivity contribution in [3.05, 3.63) is 35.9 Å². The molecule has 4 heterocycles. The second-order valence-electron chi connectivity index (χ2n) is 9.20. The third-order valence-electron chi connectivity index (χ3n) is 7.83. The van der Waals surface area contributed by atoms with Crippen molar-refractivity contribution in [3.63, 3.8) is 0 Å². The minimum absolute atomic E-state index is 0.114. The molecular weight excluding hydrogens is 402 g/mol. The highest BCUT2D eigenvalue weighted by molar-refractivity contribution is 7.89. The minimum atomic E-state index is -3.27. The maximum absolute atomic E-state index is 12.7. The van der Waals surface area contributed by atoms with Crippen LogP contribution in [0, 0.1) is 11.3 Å². The standard InChI is InChI=1S/C22H31N3O4S/c1-3-5-17-16(4-2)19-11-23-14-25(19)20(17)18-10-22(21(18)26)6-8-24(9-7-22)30(27,28)15-12-29-13-15/h3,5,11,14-15,18,20-21,26H,4,6-10,12-13H2,1-2H3/b5-3-. The van der Waals surface area contributed by atoms with E-state index < -0.39 is 16.1 Å². The fraction of sp³-hybridized carbons (Fsp3) is 0.682. The maximum Gasteiger partial charge on any atom is 0.221 e. The van der Waals surface area contributed by atoms with E-state index in [0.29, 0.717) is 26.3 Å². The van der Waals surface area contributed by atoms with Crippen LogP contribution in [0.5, 0.6) is 0 Å². The lowest BCUT2D eigenvalue weighted by molar-refractivity contribution is -0.153. The fourth-order valence-electron chi connectivity index (χ4n) is 6.00. The van der Waals surface area contributed by atoms with Crippen LogP contribution in [-0.2, 0) is 14.8 Å². The van der Waals surface area contributed by atoms with Gasteiger partial charge in [0.2, 0.25) is 10.0 Å². The smallest absolute Gasteiger partial charge is 0.221 e. The van der Waals surface area contributed by atoms with Gasteiger partial charge in [-0.1, -0.05) is 19.1 Å². The lowest BCUT2D eigenvalue weighted by Crippen LogP contribution is -2.61. The van der Waals surface area contributed by atoms with Crippen LogP contribution in [0.4, 0.5) is 0 Å². The molecule has 0 radical (unpaired) electrons. The molecule has 3 aliphatic heterocycles. The quantitative estimate of drug-likeness (QED) is 0.771. The highest BCUT2D eigenvalue weighted by Crippen LogP contribution is 2.59. The first-order valence-corrected chi connectivity index (χ1v) is 12.6. The largest absolute Gasteiger partial charge is 0.392 e. The molecule has 0 bridgehead atoms. The molecule has 7 nitrogen and oxygen atoms in total. The highest BCUT2D eigenvalue weighted by Gasteiger charge is 2.58. The summed E-state index contributed by atoms with van der Waals surface area (Å²) >= 11 is 0. The van der Waals surface area contributed by atoms with Crippen LogP contribution >= 0.6 is 0 Å². The lowest BCUT2D eigenvalue weighted by atomic mass is 9.53. The maximum atomic E-state index is 12.7. The van der Waals surface area contributed by atoms with Crippen molar-refractivity contribution in [1.29, 1.82) is 0 Å². The van der Waals surface area contributed by atoms with E-state index in [0.717, 1.165) is 31.4 Å². The average Bonchev–Trinajstić information content (AvgIpc) is 3.25. The number of aliphatic hydroxyl groups excluding tert-OH is 1. The van der Waals surface area contributed by atoms with E-state index in [1.54, 1.807) is 4.31 Å². The first-order chi connectivity index (χ1) is 14.4. The zero-order chi connectivity index (χ0) is 21.1. The second kappa shape index (κ2) is 7.29. The van der Waals surface area contributed by atoms with E-state index in [-0.39, 0.29) is 22.6 Å². The Morgan fingerprint density at radius 1 is 1.33 bits per heavy atom. The Bertz CT molecular complexity index is 984. The molecule has 1 N–H and O–H groups in total. The summed E-state index contributed by atoms with van der Waals surface area (Å²) in [5.41, 5.74) is 3.60. The molecule has 0 aromatic carbocycles. The first kappa shape index (κ1) is 20.4. The van der Waals surface area contributed by atoms with Crippen molar-refractivity contribution in [2.24, 2.45) is 11.3 Å². The molecule has 2 saturated heterocycles. The number of nitrogens with zero attached hydrogens (tertiary/aromatic N) is 3. The monoisotopic (exact) mass is 433 g/mol. The van der Waals surface area contributed by atoms with E-state index in [9.17, 15) is 13.5 Å². The fourth-order valence-corrected chi connectivity index (χ4v) is 7.65. The molecule has 3 fully saturated rings. The van der Waals surface area contributed by atoms with Crippen LogP contribution in [0.1, 0.15) is 51.3 Å². The number of sulfonamides is 1. The SMILES string of the molecule is C/C=C\C1=C(CC)c2cncn2C1C1CC2(CCN(S(=O)(=O)C3COC3)CC2)C1O. The summed E-state index contributed by atoms with van der Waals surface area (Å²) in [6.45, 7) is 5.82. The van der Waals surface area contributed by atoms with E-state index in [1.165, 1.54) is 11.1 Å². The molecule has 30 heavy (non-hydrogen) atoms. The van der Waals surface area contributed by atoms with Gasteiger partial charge in [-0.05, 0) is 49.2 Å². The molecule has 0 amide bonds. The van der Waals surface area contributed by atoms with Gasteiger partial charge in [0.25, 0.3) is 0 Å². The molecule has 1 saturated carbocycles. The van der Waals surface area contributed by atoms with E-state index in [2.05, 4.69) is 28.6 Å². The van der Waals surface area contributed by atoms with Crippen LogP contribution in [0.25, 0.3) is 5.57 Å². The van der Waals surface area contributed by atoms with Crippen LogP contribution in [0.3, 0.4) is 0 Å². The number of rotatable bonds is 5. The summed E-state index contributed by atoms with van der Waals surface area (Å²) in [5.74, 6) is 0.136. The van der Waals surface area contributed by atoms with Gasteiger partial charge in [0.05, 0.1) is 43.6 Å². The summed E-state index contributed by atoms with van der Waals surface area (Å²) in [4.78, 5) is 4.36. The molecule has 1 aliphatic carbocycles. The number of piperidine rings is 1. The number of allylic oxidation sites excluding steroid dienone is 4. The Morgan fingerprint density at radius 2 is 2.07 bits per heavy atom. The number of hydrogen-bond donors (Lipinski definition) is 1. The first-order valence-electron chi connectivity index (χ1n) is 11.1. The lowest BCUT2D eigenvalue weighted by Gasteiger charge is -2.58. The molecule has 5 rings (SSSR count). The van der Waals surface area contributed by atoms with Gasteiger partial charge in [-0.25, -0.2) is 17.7 Å². The van der Waals surface area contributed by atoms with Crippen molar-refractivity contribution in [2.45, 2.75) is 56.9 Å². The Balaban J connectivity index is 1.33. The number of hydrogen-bond acceptors (Lipinski definition) is 5. The van der Waals surface area contributed by atoms with Crippen molar-refractivity contribution in [3.8, 4) is 0 Å². The number of fused-ring (bicyclic) bond motifs is 1. The molecule has 4 aliphatic rings. The van der Waals surface area contributed by atoms with Gasteiger partial charge < -0.3 is 14.4 Å². The number of aromatic nitrogens is 2. The topological polar surface area (TPSA) is 84.7 Å². The molecule has 1 aromatic heterocycles. The third-order valence-corrected chi connectivity index (χ3v) is 10.0. The predicted octanol–water partition coefficient (Wildman–Crippen LogP) is 2.37. The van der Waals surface area contributed by atoms with Gasteiger partial charge in [-0.3, -0.25) is 0 Å². The summed E-state index contributed by atoms with van der Waals surface area (Å²) < 4.78 is 34.3. The Kier molecular flexibility index (Phi) is 4.96. The van der Waals surface area contributed by atoms with E-state index in [1.807, 2.05) is 19.4 Å². The number of imidazole rings is 1. The molecule has 3 atom stereocenters. The van der Waals surface area contributed by atoms with Gasteiger partial charge in [0.15, 0.2) is 0 Å². The zero-order valence-corrected chi connectivity index (χ0v) is 18.5. The molecule has 164 valence electrons. The van der Waals surface area contributed by atoms with Crippen LogP contribution in [0.2, 0.25) is 0 Å². The molecule has 1 aromatic rings. The van der Waals surface area contributed by atoms with Gasteiger partial charge in [0, 0.05) is 19.0 Å². The highest BCUT2D eigenvalue weighted by atomic mass is 32.2. The molecule has 1 spiro atoms. The minimum Gasteiger partial charge on any atom is -0.392 e. The summed E-state index contributed by atoms with van der Waals surface area (Å²) in [5, 5.41) is 11.0. The zero-order valence-electron chi connectivity index (χ0n) is 17.7. The predicted molar refractivity (Wildman–Crippen MR) is 114 cm³/mol. The van der Waals surface area contributed by atoms with E-state index in [4.69, 9.17) is 4.74 Å². The van der Waals surface area contributed by atoms with Gasteiger partial charge in [-0.15, -0.1) is 0 Å². The Hall–Kier alpha value is -1.48. The van der Waals surface area contributed by atoms with Crippen molar-refractivity contribution >= 4 is 15.6 Å². The summed E-state index contributed by atoms with van der Waals surface area (Å²) in [6, 6.07) is 0.114. The molecule has 3 unspecified atom stereocenters. The summed E-state index contributed by atoms with van der Waals surface area (Å²) in [7, 11) is -3.27. The number of aliphatic hydroxyl groups is 1. The normalized spacial score (nSPS) is 31.9. The van der Waals surface area contributed by atoms with Crippen molar-refractivity contribution < 1.29 is 18.3 Å². The van der Waals surface area contributed by atoms with Gasteiger partial charge in [-0.2, -0.15) is 0 Å². The van der Waals surface area contributed by atoms with Crippen LogP contribution < -0.4 is 0 Å². The molecular formula is C22H31N3O4S. The van der Waals surface area contributed by atoms with Crippen LogP contribution in [0.15, 0.2) is 30.2 Å². The average molecular weight is 434 g/mol.